The Hall–Kier alpha value is -3.46. The molecule has 0 spiro atoms. The van der Waals surface area contributed by atoms with E-state index in [2.05, 4.69) is 35.9 Å². The van der Waals surface area contributed by atoms with Crippen molar-refractivity contribution in [1.82, 2.24) is 25.3 Å². The van der Waals surface area contributed by atoms with E-state index in [0.717, 1.165) is 50.8 Å². The number of fused-ring (bicyclic) bond motifs is 1. The molecular formula is C22H23N7OS. The number of nitrogens with one attached hydrogen (secondary N) is 4. The van der Waals surface area contributed by atoms with Gasteiger partial charge in [0, 0.05) is 35.9 Å². The molecule has 158 valence electrons. The number of hydrogen-bond donors (Lipinski definition) is 4. The molecule has 4 N–H and O–H groups in total. The molecule has 0 atom stereocenters. The van der Waals surface area contributed by atoms with Crippen LogP contribution in [0.25, 0.3) is 21.5 Å². The molecule has 9 heteroatoms. The quantitative estimate of drug-likeness (QED) is 0.358. The fraction of sp³-hybridized carbons (Fsp3) is 0.273. The number of carbonyl (C=O) groups excluding carboxylic acids is 1. The Bertz CT molecular complexity index is 1260. The third kappa shape index (κ3) is 3.96. The van der Waals surface area contributed by atoms with Crippen LogP contribution in [-0.2, 0) is 0 Å². The number of aryl methyl sites for hydroxylation is 1. The summed E-state index contributed by atoms with van der Waals surface area (Å²) in [6.07, 6.45) is 5.06. The molecule has 1 aliphatic carbocycles. The van der Waals surface area contributed by atoms with Crippen LogP contribution in [0.2, 0.25) is 0 Å². The van der Waals surface area contributed by atoms with E-state index in [4.69, 9.17) is 0 Å². The Morgan fingerprint density at radius 1 is 1.19 bits per heavy atom. The zero-order valence-corrected chi connectivity index (χ0v) is 18.1. The highest BCUT2D eigenvalue weighted by Crippen LogP contribution is 2.32. The smallest absolute Gasteiger partial charge is 0.267 e. The number of aromatic amines is 1. The summed E-state index contributed by atoms with van der Waals surface area (Å²) in [4.78, 5) is 30.1. The lowest BCUT2D eigenvalue weighted by Gasteiger charge is -2.25. The summed E-state index contributed by atoms with van der Waals surface area (Å²) in [5.41, 5.74) is 4.11. The number of nitrogens with zero attached hydrogens (tertiary/aromatic N) is 3. The van der Waals surface area contributed by atoms with Crippen molar-refractivity contribution in [3.05, 3.63) is 47.9 Å². The molecule has 0 radical (unpaired) electrons. The van der Waals surface area contributed by atoms with Gasteiger partial charge >= 0.3 is 0 Å². The van der Waals surface area contributed by atoms with E-state index in [1.54, 1.807) is 17.5 Å². The Morgan fingerprint density at radius 3 is 2.81 bits per heavy atom. The second kappa shape index (κ2) is 7.99. The zero-order valence-electron chi connectivity index (χ0n) is 17.3. The lowest BCUT2D eigenvalue weighted by Crippen LogP contribution is -2.39. The molecule has 0 bridgehead atoms. The van der Waals surface area contributed by atoms with Gasteiger partial charge in [0.05, 0.1) is 16.3 Å². The van der Waals surface area contributed by atoms with Gasteiger partial charge in [-0.2, -0.15) is 0 Å². The van der Waals surface area contributed by atoms with Gasteiger partial charge in [0.15, 0.2) is 5.13 Å². The van der Waals surface area contributed by atoms with Crippen molar-refractivity contribution >= 4 is 44.9 Å². The van der Waals surface area contributed by atoms with Crippen LogP contribution in [0.15, 0.2) is 36.5 Å². The van der Waals surface area contributed by atoms with Crippen LogP contribution in [0.1, 0.15) is 35.4 Å². The highest BCUT2D eigenvalue weighted by atomic mass is 32.1. The number of rotatable bonds is 6. The molecule has 1 saturated carbocycles. The van der Waals surface area contributed by atoms with Crippen molar-refractivity contribution < 1.29 is 4.79 Å². The highest BCUT2D eigenvalue weighted by molar-refractivity contribution is 7.19. The van der Waals surface area contributed by atoms with Crippen LogP contribution in [0.3, 0.4) is 0 Å². The highest BCUT2D eigenvalue weighted by Gasteiger charge is 2.21. The van der Waals surface area contributed by atoms with Crippen LogP contribution in [0.4, 0.5) is 16.8 Å². The predicted molar refractivity (Wildman–Crippen MR) is 124 cm³/mol. The lowest BCUT2D eigenvalue weighted by atomic mass is 9.93. The second-order valence-corrected chi connectivity index (χ2v) is 8.66. The monoisotopic (exact) mass is 433 g/mol. The van der Waals surface area contributed by atoms with E-state index in [-0.39, 0.29) is 5.91 Å². The number of amides is 1. The van der Waals surface area contributed by atoms with Crippen LogP contribution in [0, 0.1) is 6.92 Å². The first kappa shape index (κ1) is 19.5. The minimum Gasteiger partial charge on any atom is -0.365 e. The number of aromatic nitrogens is 4. The largest absolute Gasteiger partial charge is 0.365 e. The molecule has 1 aliphatic rings. The van der Waals surface area contributed by atoms with E-state index in [1.807, 2.05) is 44.3 Å². The maximum absolute atomic E-state index is 12.4. The number of thiazole rings is 1. The molecule has 5 rings (SSSR count). The van der Waals surface area contributed by atoms with E-state index >= 15 is 0 Å². The molecule has 0 unspecified atom stereocenters. The van der Waals surface area contributed by atoms with Gasteiger partial charge in [-0.3, -0.25) is 4.79 Å². The summed E-state index contributed by atoms with van der Waals surface area (Å²) in [7, 11) is 1.86. The van der Waals surface area contributed by atoms with Crippen molar-refractivity contribution in [3.63, 3.8) is 0 Å². The number of anilines is 3. The Morgan fingerprint density at radius 2 is 2.06 bits per heavy atom. The van der Waals surface area contributed by atoms with Crippen molar-refractivity contribution in [2.45, 2.75) is 32.2 Å². The van der Waals surface area contributed by atoms with Crippen molar-refractivity contribution in [2.75, 3.05) is 17.7 Å². The lowest BCUT2D eigenvalue weighted by molar-refractivity contribution is 0.0912. The van der Waals surface area contributed by atoms with E-state index in [1.165, 1.54) is 6.42 Å². The van der Waals surface area contributed by atoms with Crippen LogP contribution >= 0.6 is 11.3 Å². The molecule has 8 nitrogen and oxygen atoms in total. The Kier molecular flexibility index (Phi) is 5.03. The topological polar surface area (TPSA) is 108 Å². The second-order valence-electron chi connectivity index (χ2n) is 7.66. The number of benzene rings is 1. The average Bonchev–Trinajstić information content (AvgIpc) is 3.33. The molecule has 0 saturated heterocycles. The number of carbonyl (C=O) groups is 1. The Labute approximate surface area is 183 Å². The number of hydrogen-bond acceptors (Lipinski definition) is 7. The molecule has 3 heterocycles. The van der Waals surface area contributed by atoms with Crippen LogP contribution < -0.4 is 16.0 Å². The first-order valence-electron chi connectivity index (χ1n) is 10.3. The maximum Gasteiger partial charge on any atom is 0.267 e. The first-order valence-corrected chi connectivity index (χ1v) is 11.1. The van der Waals surface area contributed by atoms with Crippen LogP contribution in [0.5, 0.6) is 0 Å². The maximum atomic E-state index is 12.4. The molecular weight excluding hydrogens is 410 g/mol. The molecule has 4 aromatic rings. The summed E-state index contributed by atoms with van der Waals surface area (Å²) < 4.78 is 0. The molecule has 3 aromatic heterocycles. The van der Waals surface area contributed by atoms with Gasteiger partial charge in [-0.05, 0) is 56.5 Å². The average molecular weight is 434 g/mol. The summed E-state index contributed by atoms with van der Waals surface area (Å²) in [5.74, 6) is 0.460. The predicted octanol–water partition coefficient (Wildman–Crippen LogP) is 4.46. The summed E-state index contributed by atoms with van der Waals surface area (Å²) in [5, 5.41) is 11.2. The minimum atomic E-state index is -0.0488. The molecule has 1 aromatic carbocycles. The Balaban J connectivity index is 1.36. The standard InChI is InChI=1S/C22H23N7OS/c1-12-19(31-22(23-2)25-12)17-8-9-24-21(29-17)27-15-6-7-16-13(10-15)11-18(28-16)20(30)26-14-4-3-5-14/h6-11,14,28H,3-5H2,1-2H3,(H,23,25)(H,26,30)(H,24,27,29). The first-order chi connectivity index (χ1) is 15.1. The summed E-state index contributed by atoms with van der Waals surface area (Å²) in [6, 6.07) is 9.96. The van der Waals surface area contributed by atoms with Gasteiger partial charge in [0.25, 0.3) is 5.91 Å². The number of H-pyrrole nitrogens is 1. The van der Waals surface area contributed by atoms with Gasteiger partial charge in [-0.15, -0.1) is 0 Å². The van der Waals surface area contributed by atoms with Gasteiger partial charge in [0.1, 0.15) is 5.69 Å². The third-order valence-electron chi connectivity index (χ3n) is 5.46. The van der Waals surface area contributed by atoms with Crippen molar-refractivity contribution in [2.24, 2.45) is 0 Å². The summed E-state index contributed by atoms with van der Waals surface area (Å²) >= 11 is 1.56. The molecule has 31 heavy (non-hydrogen) atoms. The molecule has 1 fully saturated rings. The SMILES string of the molecule is CNc1nc(C)c(-c2ccnc(Nc3ccc4[nH]c(C(=O)NC5CCC5)cc4c3)n2)s1. The fourth-order valence-electron chi connectivity index (χ4n) is 3.56. The van der Waals surface area contributed by atoms with Gasteiger partial charge < -0.3 is 20.9 Å². The fourth-order valence-corrected chi connectivity index (χ4v) is 4.45. The van der Waals surface area contributed by atoms with Gasteiger partial charge in [-0.1, -0.05) is 11.3 Å². The van der Waals surface area contributed by atoms with E-state index in [9.17, 15) is 4.79 Å². The van der Waals surface area contributed by atoms with Crippen LogP contribution in [-0.4, -0.2) is 38.9 Å². The van der Waals surface area contributed by atoms with Gasteiger partial charge in [0.2, 0.25) is 5.95 Å². The van der Waals surface area contributed by atoms with E-state index < -0.39 is 0 Å². The summed E-state index contributed by atoms with van der Waals surface area (Å²) in [6.45, 7) is 1.97. The molecule has 0 aliphatic heterocycles. The molecule has 1 amide bonds. The van der Waals surface area contributed by atoms with Crippen molar-refractivity contribution in [1.29, 1.82) is 0 Å². The minimum absolute atomic E-state index is 0.0488. The zero-order chi connectivity index (χ0) is 21.4. The third-order valence-corrected chi connectivity index (χ3v) is 6.66. The van der Waals surface area contributed by atoms with E-state index in [0.29, 0.717) is 17.7 Å². The van der Waals surface area contributed by atoms with Crippen molar-refractivity contribution in [3.8, 4) is 10.6 Å². The van der Waals surface area contributed by atoms with Gasteiger partial charge in [-0.25, -0.2) is 15.0 Å². The normalized spacial score (nSPS) is 13.7.